The molecule has 5 nitrogen and oxygen atoms in total. The molecule has 3 aromatic carbocycles. The number of nitrogens with zero attached hydrogens (tertiary/aromatic N) is 1. The van der Waals surface area contributed by atoms with Gasteiger partial charge in [0.25, 0.3) is 0 Å². The number of carboxylic acid groups (broad SMARTS) is 1. The molecule has 0 fully saturated rings. The Balaban J connectivity index is 1.70. The molecule has 1 N–H and O–H groups in total. The lowest BCUT2D eigenvalue weighted by Gasteiger charge is -2.27. The molecule has 0 aromatic heterocycles. The molecule has 0 heterocycles. The van der Waals surface area contributed by atoms with Crippen LogP contribution in [0.5, 0.6) is 11.5 Å². The summed E-state index contributed by atoms with van der Waals surface area (Å²) in [5.74, 6) is 0.497. The molecule has 3 rings (SSSR count). The molecule has 0 radical (unpaired) electrons. The summed E-state index contributed by atoms with van der Waals surface area (Å²) in [6.07, 6.45) is -4.02. The topological polar surface area (TPSA) is 59.0 Å². The van der Waals surface area contributed by atoms with Crippen molar-refractivity contribution in [3.05, 3.63) is 94.0 Å². The normalized spacial score (nSPS) is 12.4. The second kappa shape index (κ2) is 13.5. The summed E-state index contributed by atoms with van der Waals surface area (Å²) in [4.78, 5) is 13.0. The van der Waals surface area contributed by atoms with E-state index in [0.717, 1.165) is 17.4 Å². The van der Waals surface area contributed by atoms with Gasteiger partial charge in [0.15, 0.2) is 0 Å². The lowest BCUT2D eigenvalue weighted by atomic mass is 10.00. The first kappa shape index (κ1) is 29.3. The molecular formula is C29H31ClF3NO4. The Hall–Kier alpha value is -3.23. The fraction of sp³-hybridized carbons (Fsp3) is 0.345. The molecule has 0 bridgehead atoms. The lowest BCUT2D eigenvalue weighted by Crippen LogP contribution is -2.30. The van der Waals surface area contributed by atoms with E-state index in [1.54, 1.807) is 37.4 Å². The van der Waals surface area contributed by atoms with E-state index in [0.29, 0.717) is 43.0 Å². The number of alkyl halides is 3. The van der Waals surface area contributed by atoms with E-state index in [9.17, 15) is 18.0 Å². The predicted octanol–water partition coefficient (Wildman–Crippen LogP) is 7.07. The van der Waals surface area contributed by atoms with Gasteiger partial charge >= 0.3 is 12.1 Å². The monoisotopic (exact) mass is 549 g/mol. The molecular weight excluding hydrogens is 519 g/mol. The van der Waals surface area contributed by atoms with Crippen molar-refractivity contribution in [2.45, 2.75) is 38.4 Å². The first-order valence-corrected chi connectivity index (χ1v) is 12.6. The Bertz CT molecular complexity index is 1200. The highest BCUT2D eigenvalue weighted by molar-refractivity contribution is 6.32. The number of carboxylic acids is 1. The molecule has 1 atom stereocenters. The summed E-state index contributed by atoms with van der Waals surface area (Å²) in [7, 11) is 1.60. The Labute approximate surface area is 225 Å². The summed E-state index contributed by atoms with van der Waals surface area (Å²) in [6, 6.07) is 18.6. The van der Waals surface area contributed by atoms with Crippen LogP contribution in [0.15, 0.2) is 66.7 Å². The van der Waals surface area contributed by atoms with Crippen LogP contribution in [0.1, 0.15) is 41.5 Å². The van der Waals surface area contributed by atoms with Crippen molar-refractivity contribution in [3.8, 4) is 11.5 Å². The van der Waals surface area contributed by atoms with Crippen molar-refractivity contribution in [1.29, 1.82) is 0 Å². The second-order valence-electron chi connectivity index (χ2n) is 9.11. The van der Waals surface area contributed by atoms with E-state index in [2.05, 4.69) is 11.8 Å². The summed E-state index contributed by atoms with van der Waals surface area (Å²) >= 11 is 6.19. The van der Waals surface area contributed by atoms with E-state index in [4.69, 9.17) is 26.2 Å². The van der Waals surface area contributed by atoms with Crippen molar-refractivity contribution >= 4 is 17.6 Å². The molecule has 0 saturated heterocycles. The van der Waals surface area contributed by atoms with E-state index in [1.807, 2.05) is 24.3 Å². The van der Waals surface area contributed by atoms with E-state index in [-0.39, 0.29) is 23.9 Å². The molecule has 3 aromatic rings. The van der Waals surface area contributed by atoms with Crippen LogP contribution in [0.2, 0.25) is 5.02 Å². The highest BCUT2D eigenvalue weighted by atomic mass is 35.5. The highest BCUT2D eigenvalue weighted by Crippen LogP contribution is 2.36. The molecule has 204 valence electrons. The lowest BCUT2D eigenvalue weighted by molar-refractivity contribution is -0.138. The molecule has 0 spiro atoms. The molecule has 0 amide bonds. The highest BCUT2D eigenvalue weighted by Gasteiger charge is 2.34. The van der Waals surface area contributed by atoms with Gasteiger partial charge in [-0.15, -0.1) is 0 Å². The van der Waals surface area contributed by atoms with Crippen LogP contribution in [-0.4, -0.2) is 42.8 Å². The second-order valence-corrected chi connectivity index (χ2v) is 9.48. The fourth-order valence-corrected chi connectivity index (χ4v) is 4.51. The van der Waals surface area contributed by atoms with Crippen LogP contribution in [0, 0.1) is 0 Å². The van der Waals surface area contributed by atoms with Crippen molar-refractivity contribution in [3.63, 3.8) is 0 Å². The third-order valence-electron chi connectivity index (χ3n) is 6.14. The van der Waals surface area contributed by atoms with Crippen LogP contribution in [0.4, 0.5) is 13.2 Å². The van der Waals surface area contributed by atoms with E-state index < -0.39 is 17.7 Å². The maximum Gasteiger partial charge on any atom is 0.417 e. The van der Waals surface area contributed by atoms with Crippen LogP contribution in [0.3, 0.4) is 0 Å². The maximum absolute atomic E-state index is 13.4. The van der Waals surface area contributed by atoms with Crippen LogP contribution >= 0.6 is 11.6 Å². The van der Waals surface area contributed by atoms with Gasteiger partial charge in [0.2, 0.25) is 0 Å². The first-order valence-electron chi connectivity index (χ1n) is 12.2. The van der Waals surface area contributed by atoms with Crippen LogP contribution in [-0.2, 0) is 23.9 Å². The predicted molar refractivity (Wildman–Crippen MR) is 141 cm³/mol. The van der Waals surface area contributed by atoms with Gasteiger partial charge in [-0.3, -0.25) is 9.69 Å². The molecule has 0 aliphatic heterocycles. The zero-order valence-corrected chi connectivity index (χ0v) is 22.1. The number of halogens is 4. The minimum absolute atomic E-state index is 0.0913. The van der Waals surface area contributed by atoms with Crippen molar-refractivity contribution in [1.82, 2.24) is 4.90 Å². The minimum atomic E-state index is -4.53. The first-order chi connectivity index (χ1) is 18.1. The number of rotatable bonds is 13. The number of carbonyl (C=O) groups is 1. The summed E-state index contributed by atoms with van der Waals surface area (Å²) in [6.45, 7) is 3.82. The molecule has 1 unspecified atom stereocenters. The van der Waals surface area contributed by atoms with E-state index >= 15 is 0 Å². The molecule has 9 heteroatoms. The Morgan fingerprint density at radius 2 is 1.76 bits per heavy atom. The third kappa shape index (κ3) is 8.67. The average Bonchev–Trinajstić information content (AvgIpc) is 2.87. The Morgan fingerprint density at radius 1 is 1.05 bits per heavy atom. The summed E-state index contributed by atoms with van der Waals surface area (Å²) in [5.41, 5.74) is 1.29. The fourth-order valence-electron chi connectivity index (χ4n) is 4.22. The molecule has 0 aliphatic carbocycles. The standard InChI is InChI=1S/C29H31ClF3NO4/c1-20(22-10-12-24(37-2)13-11-22)18-34(19-23-7-4-9-26(28(23)30)29(31,32)33)14-5-15-38-25-8-3-6-21(16-25)17-27(35)36/h3-4,6-13,16,20H,5,14-15,17-19H2,1-2H3,(H,35,36). The van der Waals surface area contributed by atoms with Gasteiger partial charge in [0, 0.05) is 19.6 Å². The van der Waals surface area contributed by atoms with Crippen molar-refractivity contribution in [2.75, 3.05) is 26.8 Å². The van der Waals surface area contributed by atoms with Gasteiger partial charge in [0.1, 0.15) is 11.5 Å². The van der Waals surface area contributed by atoms with Gasteiger partial charge in [-0.1, -0.05) is 54.9 Å². The SMILES string of the molecule is COc1ccc(C(C)CN(CCCOc2cccc(CC(=O)O)c2)Cc2cccc(C(F)(F)F)c2Cl)cc1. The Kier molecular flexibility index (Phi) is 10.4. The maximum atomic E-state index is 13.4. The molecule has 38 heavy (non-hydrogen) atoms. The largest absolute Gasteiger partial charge is 0.497 e. The quantitative estimate of drug-likeness (QED) is 0.231. The number of aliphatic carboxylic acids is 1. The van der Waals surface area contributed by atoms with Gasteiger partial charge in [0.05, 0.1) is 30.7 Å². The minimum Gasteiger partial charge on any atom is -0.497 e. The Morgan fingerprint density at radius 3 is 2.42 bits per heavy atom. The van der Waals surface area contributed by atoms with Gasteiger partial charge in [-0.05, 0) is 59.4 Å². The van der Waals surface area contributed by atoms with Gasteiger partial charge in [-0.25, -0.2) is 0 Å². The number of benzene rings is 3. The number of methoxy groups -OCH3 is 1. The molecule has 0 aliphatic rings. The average molecular weight is 550 g/mol. The van der Waals surface area contributed by atoms with Crippen LogP contribution in [0.25, 0.3) is 0 Å². The number of hydrogen-bond donors (Lipinski definition) is 1. The van der Waals surface area contributed by atoms with Crippen LogP contribution < -0.4 is 9.47 Å². The number of hydrogen-bond acceptors (Lipinski definition) is 4. The number of ether oxygens (including phenoxy) is 2. The van der Waals surface area contributed by atoms with Crippen molar-refractivity contribution < 1.29 is 32.5 Å². The van der Waals surface area contributed by atoms with Crippen molar-refractivity contribution in [2.24, 2.45) is 0 Å². The van der Waals surface area contributed by atoms with E-state index in [1.165, 1.54) is 6.07 Å². The summed E-state index contributed by atoms with van der Waals surface area (Å²) < 4.78 is 51.3. The van der Waals surface area contributed by atoms with Gasteiger partial charge < -0.3 is 14.6 Å². The zero-order valence-electron chi connectivity index (χ0n) is 21.3. The zero-order chi connectivity index (χ0) is 27.7. The van der Waals surface area contributed by atoms with Gasteiger partial charge in [-0.2, -0.15) is 13.2 Å². The smallest absolute Gasteiger partial charge is 0.417 e. The molecule has 0 saturated carbocycles. The summed E-state index contributed by atoms with van der Waals surface area (Å²) in [5, 5.41) is 8.71. The third-order valence-corrected chi connectivity index (χ3v) is 6.58.